The van der Waals surface area contributed by atoms with Gasteiger partial charge in [0.2, 0.25) is 15.9 Å². The van der Waals surface area contributed by atoms with E-state index in [0.717, 1.165) is 0 Å². The van der Waals surface area contributed by atoms with Crippen LogP contribution in [0.3, 0.4) is 0 Å². The highest BCUT2D eigenvalue weighted by atomic mass is 32.2. The van der Waals surface area contributed by atoms with Crippen LogP contribution in [-0.4, -0.2) is 37.9 Å². The number of hydrogen-bond donors (Lipinski definition) is 4. The van der Waals surface area contributed by atoms with Gasteiger partial charge in [-0.05, 0) is 55.8 Å². The number of hydrogen-bond acceptors (Lipinski definition) is 5. The Morgan fingerprint density at radius 3 is 2.36 bits per heavy atom. The lowest BCUT2D eigenvalue weighted by Gasteiger charge is -2.10. The Morgan fingerprint density at radius 2 is 1.75 bits per heavy atom. The fraction of sp³-hybridized carbons (Fsp3) is 0.263. The van der Waals surface area contributed by atoms with Gasteiger partial charge in [0.1, 0.15) is 0 Å². The van der Waals surface area contributed by atoms with Crippen LogP contribution in [0.2, 0.25) is 0 Å². The number of amides is 2. The second kappa shape index (κ2) is 9.45. The maximum atomic E-state index is 12.2. The first-order valence-electron chi connectivity index (χ1n) is 8.61. The summed E-state index contributed by atoms with van der Waals surface area (Å²) in [5, 5.41) is 14.2. The number of rotatable bonds is 8. The fourth-order valence-corrected chi connectivity index (χ4v) is 3.63. The van der Waals surface area contributed by atoms with Crippen LogP contribution in [0, 0.1) is 0 Å². The van der Waals surface area contributed by atoms with Crippen molar-refractivity contribution in [3.63, 3.8) is 0 Å². The maximum Gasteiger partial charge on any atom is 0.251 e. The van der Waals surface area contributed by atoms with E-state index in [1.54, 1.807) is 38.1 Å². The topological polar surface area (TPSA) is 125 Å². The molecule has 28 heavy (non-hydrogen) atoms. The average Bonchev–Trinajstić information content (AvgIpc) is 2.65. The molecule has 8 nitrogen and oxygen atoms in total. The zero-order chi connectivity index (χ0) is 20.7. The quantitative estimate of drug-likeness (QED) is 0.526. The Balaban J connectivity index is 1.93. The molecule has 150 valence electrons. The molecule has 0 radical (unpaired) electrons. The number of aliphatic hydroxyl groups excluding tert-OH is 1. The molecule has 0 aliphatic rings. The summed E-state index contributed by atoms with van der Waals surface area (Å²) in [6, 6.07) is 11.9. The number of sulfonamides is 1. The molecule has 0 aliphatic heterocycles. The lowest BCUT2D eigenvalue weighted by molar-refractivity contribution is -0.115. The number of benzene rings is 2. The molecule has 2 aromatic carbocycles. The molecule has 0 atom stereocenters. The van der Waals surface area contributed by atoms with Crippen LogP contribution in [-0.2, 0) is 21.4 Å². The number of nitrogens with one attached hydrogen (secondary N) is 3. The van der Waals surface area contributed by atoms with Crippen LogP contribution < -0.4 is 15.4 Å². The second-order valence-corrected chi connectivity index (χ2v) is 8.10. The van der Waals surface area contributed by atoms with Crippen molar-refractivity contribution in [2.24, 2.45) is 0 Å². The van der Waals surface area contributed by atoms with Crippen LogP contribution in [0.15, 0.2) is 53.4 Å². The molecule has 0 saturated carbocycles. The van der Waals surface area contributed by atoms with E-state index in [1.807, 2.05) is 0 Å². The number of aliphatic hydroxyl groups is 1. The first kappa shape index (κ1) is 21.5. The fourth-order valence-electron chi connectivity index (χ4n) is 2.38. The number of carbonyl (C=O) groups is 2. The minimum Gasteiger partial charge on any atom is -0.392 e. The molecule has 0 fully saturated rings. The van der Waals surface area contributed by atoms with Gasteiger partial charge in [-0.2, -0.15) is 0 Å². The summed E-state index contributed by atoms with van der Waals surface area (Å²) in [6.07, 6.45) is 0. The third kappa shape index (κ3) is 6.15. The van der Waals surface area contributed by atoms with Gasteiger partial charge in [-0.25, -0.2) is 13.1 Å². The lowest BCUT2D eigenvalue weighted by Crippen LogP contribution is -2.33. The van der Waals surface area contributed by atoms with E-state index < -0.39 is 21.8 Å². The molecule has 0 spiro atoms. The molecule has 0 bridgehead atoms. The van der Waals surface area contributed by atoms with E-state index in [-0.39, 0.29) is 29.7 Å². The molecule has 0 saturated heterocycles. The second-order valence-electron chi connectivity index (χ2n) is 6.39. The first-order chi connectivity index (χ1) is 13.2. The third-order valence-electron chi connectivity index (χ3n) is 3.62. The van der Waals surface area contributed by atoms with Crippen molar-refractivity contribution in [3.05, 3.63) is 59.7 Å². The third-order valence-corrected chi connectivity index (χ3v) is 5.29. The van der Waals surface area contributed by atoms with Gasteiger partial charge in [0, 0.05) is 17.3 Å². The highest BCUT2D eigenvalue weighted by Gasteiger charge is 2.16. The number of anilines is 1. The van der Waals surface area contributed by atoms with Crippen molar-refractivity contribution in [2.75, 3.05) is 11.9 Å². The van der Waals surface area contributed by atoms with Crippen LogP contribution in [0.4, 0.5) is 5.69 Å². The molecule has 2 rings (SSSR count). The number of carbonyl (C=O) groups excluding carboxylic acids is 2. The van der Waals surface area contributed by atoms with Gasteiger partial charge in [0.05, 0.1) is 18.0 Å². The van der Waals surface area contributed by atoms with E-state index in [1.165, 1.54) is 24.3 Å². The van der Waals surface area contributed by atoms with Crippen LogP contribution in [0.5, 0.6) is 0 Å². The monoisotopic (exact) mass is 405 g/mol. The minimum absolute atomic E-state index is 0.0549. The Hall–Kier alpha value is -2.75. The van der Waals surface area contributed by atoms with Crippen LogP contribution in [0.25, 0.3) is 0 Å². The largest absolute Gasteiger partial charge is 0.392 e. The summed E-state index contributed by atoms with van der Waals surface area (Å²) in [5.41, 5.74) is 1.40. The summed E-state index contributed by atoms with van der Waals surface area (Å²) in [4.78, 5) is 24.2. The molecule has 4 N–H and O–H groups in total. The first-order valence-corrected chi connectivity index (χ1v) is 10.1. The van der Waals surface area contributed by atoms with Gasteiger partial charge in [0.15, 0.2) is 0 Å². The van der Waals surface area contributed by atoms with E-state index in [9.17, 15) is 18.0 Å². The van der Waals surface area contributed by atoms with Gasteiger partial charge >= 0.3 is 0 Å². The zero-order valence-corrected chi connectivity index (χ0v) is 16.4. The molecule has 0 aromatic heterocycles. The standard InChI is InChI=1S/C19H23N3O5S/c1-13(2)22-28(26,27)17-8-6-15(7-9-17)19(25)20-11-18(24)21-16-5-3-4-14(10-16)12-23/h3-10,13,22-23H,11-12H2,1-2H3,(H,20,25)(H,21,24). The molecule has 9 heteroatoms. The van der Waals surface area contributed by atoms with Gasteiger partial charge in [-0.3, -0.25) is 9.59 Å². The summed E-state index contributed by atoms with van der Waals surface area (Å²) in [5.74, 6) is -0.927. The van der Waals surface area contributed by atoms with Gasteiger partial charge < -0.3 is 15.7 Å². The Kier molecular flexibility index (Phi) is 7.27. The Morgan fingerprint density at radius 1 is 1.07 bits per heavy atom. The predicted molar refractivity (Wildman–Crippen MR) is 105 cm³/mol. The van der Waals surface area contributed by atoms with E-state index in [4.69, 9.17) is 5.11 Å². The molecular formula is C19H23N3O5S. The molecule has 0 unspecified atom stereocenters. The molecule has 2 amide bonds. The van der Waals surface area contributed by atoms with E-state index in [0.29, 0.717) is 11.3 Å². The molecular weight excluding hydrogens is 382 g/mol. The summed E-state index contributed by atoms with van der Waals surface area (Å²) >= 11 is 0. The molecule has 0 heterocycles. The smallest absolute Gasteiger partial charge is 0.251 e. The van der Waals surface area contributed by atoms with Crippen molar-refractivity contribution in [1.29, 1.82) is 0 Å². The summed E-state index contributed by atoms with van der Waals surface area (Å²) in [6.45, 7) is 3.03. The Labute approximate surface area is 164 Å². The summed E-state index contributed by atoms with van der Waals surface area (Å²) in [7, 11) is -3.63. The van der Waals surface area contributed by atoms with Crippen molar-refractivity contribution in [3.8, 4) is 0 Å². The van der Waals surface area contributed by atoms with Crippen LogP contribution in [0.1, 0.15) is 29.8 Å². The van der Waals surface area contributed by atoms with Gasteiger partial charge in [-0.15, -0.1) is 0 Å². The van der Waals surface area contributed by atoms with Gasteiger partial charge in [0.25, 0.3) is 5.91 Å². The zero-order valence-electron chi connectivity index (χ0n) is 15.6. The van der Waals surface area contributed by atoms with Crippen molar-refractivity contribution >= 4 is 27.5 Å². The van der Waals surface area contributed by atoms with Crippen molar-refractivity contribution < 1.29 is 23.1 Å². The minimum atomic E-state index is -3.63. The predicted octanol–water partition coefficient (Wildman–Crippen LogP) is 1.23. The van der Waals surface area contributed by atoms with Crippen molar-refractivity contribution in [1.82, 2.24) is 10.0 Å². The maximum absolute atomic E-state index is 12.2. The van der Waals surface area contributed by atoms with E-state index >= 15 is 0 Å². The average molecular weight is 405 g/mol. The van der Waals surface area contributed by atoms with Crippen LogP contribution >= 0.6 is 0 Å². The van der Waals surface area contributed by atoms with Crippen molar-refractivity contribution in [2.45, 2.75) is 31.4 Å². The van der Waals surface area contributed by atoms with E-state index in [2.05, 4.69) is 15.4 Å². The lowest BCUT2D eigenvalue weighted by atomic mass is 10.2. The SMILES string of the molecule is CC(C)NS(=O)(=O)c1ccc(C(=O)NCC(=O)Nc2cccc(CO)c2)cc1. The highest BCUT2D eigenvalue weighted by Crippen LogP contribution is 2.12. The Bertz CT molecular complexity index is 940. The molecule has 2 aromatic rings. The normalized spacial score (nSPS) is 11.3. The highest BCUT2D eigenvalue weighted by molar-refractivity contribution is 7.89. The summed E-state index contributed by atoms with van der Waals surface area (Å²) < 4.78 is 26.6. The van der Waals surface area contributed by atoms with Gasteiger partial charge in [-0.1, -0.05) is 12.1 Å². The molecule has 0 aliphatic carbocycles.